The smallest absolute Gasteiger partial charge is 0.291 e. The summed E-state index contributed by atoms with van der Waals surface area (Å²) in [5.41, 5.74) is 1.99. The average molecular weight is 311 g/mol. The van der Waals surface area contributed by atoms with Gasteiger partial charge in [0.2, 0.25) is 0 Å². The first-order chi connectivity index (χ1) is 11.0. The number of Topliss-reactive ketones (excluding diaryl/α,β-unsaturated/α-hetero) is 1. The number of amides is 1. The number of aryl methyl sites for hydroxylation is 2. The predicted octanol–water partition coefficient (Wildman–Crippen LogP) is 4.49. The summed E-state index contributed by atoms with van der Waals surface area (Å²) in [6.45, 7) is 5.45. The van der Waals surface area contributed by atoms with Gasteiger partial charge in [0.25, 0.3) is 5.91 Å². The van der Waals surface area contributed by atoms with Gasteiger partial charge in [0, 0.05) is 11.8 Å². The third-order valence-corrected chi connectivity index (χ3v) is 3.62. The van der Waals surface area contributed by atoms with Crippen molar-refractivity contribution in [1.82, 2.24) is 0 Å². The number of benzene rings is 1. The summed E-state index contributed by atoms with van der Waals surface area (Å²) in [5, 5.41) is 3.45. The lowest BCUT2D eigenvalue weighted by atomic mass is 10.1. The third kappa shape index (κ3) is 2.77. The minimum Gasteiger partial charge on any atom is -0.456 e. The lowest BCUT2D eigenvalue weighted by Crippen LogP contribution is -2.13. The van der Waals surface area contributed by atoms with E-state index in [1.165, 1.54) is 0 Å². The minimum atomic E-state index is -0.411. The van der Waals surface area contributed by atoms with Gasteiger partial charge in [-0.05, 0) is 43.7 Å². The Bertz CT molecular complexity index is 901. The van der Waals surface area contributed by atoms with Crippen LogP contribution in [-0.4, -0.2) is 11.7 Å². The van der Waals surface area contributed by atoms with E-state index < -0.39 is 5.91 Å². The molecule has 2 aromatic heterocycles. The van der Waals surface area contributed by atoms with E-state index >= 15 is 0 Å². The molecule has 1 amide bonds. The zero-order valence-corrected chi connectivity index (χ0v) is 13.2. The molecule has 118 valence electrons. The summed E-state index contributed by atoms with van der Waals surface area (Å²) >= 11 is 0. The van der Waals surface area contributed by atoms with Gasteiger partial charge < -0.3 is 14.2 Å². The standard InChI is InChI=1S/C18H17NO4/c1-4-13(20)17-16(12-7-5-10(2)9-15(12)23-17)19-18(21)14-8-6-11(3)22-14/h5-9H,4H2,1-3H3,(H,19,21). The Hall–Kier alpha value is -2.82. The number of carbonyl (C=O) groups is 2. The Balaban J connectivity index is 2.07. The largest absolute Gasteiger partial charge is 0.456 e. The van der Waals surface area contributed by atoms with Crippen molar-refractivity contribution in [3.63, 3.8) is 0 Å². The van der Waals surface area contributed by atoms with Crippen molar-refractivity contribution in [3.8, 4) is 0 Å². The molecule has 0 aliphatic rings. The molecular formula is C18H17NO4. The Morgan fingerprint density at radius 2 is 1.87 bits per heavy atom. The second-order valence-corrected chi connectivity index (χ2v) is 5.45. The first-order valence-corrected chi connectivity index (χ1v) is 7.43. The molecule has 0 aliphatic heterocycles. The van der Waals surface area contributed by atoms with E-state index in [4.69, 9.17) is 8.83 Å². The highest BCUT2D eigenvalue weighted by Crippen LogP contribution is 2.33. The monoisotopic (exact) mass is 311 g/mol. The van der Waals surface area contributed by atoms with Crippen molar-refractivity contribution >= 4 is 28.3 Å². The van der Waals surface area contributed by atoms with Gasteiger partial charge in [0.05, 0.1) is 5.69 Å². The highest BCUT2D eigenvalue weighted by molar-refractivity contribution is 6.14. The summed E-state index contributed by atoms with van der Waals surface area (Å²) in [6.07, 6.45) is 0.293. The number of nitrogens with one attached hydrogen (secondary N) is 1. The van der Waals surface area contributed by atoms with Crippen LogP contribution in [0.4, 0.5) is 5.69 Å². The van der Waals surface area contributed by atoms with E-state index in [1.807, 2.05) is 25.1 Å². The van der Waals surface area contributed by atoms with Gasteiger partial charge in [-0.1, -0.05) is 13.0 Å². The van der Waals surface area contributed by atoms with Crippen LogP contribution < -0.4 is 5.32 Å². The number of rotatable bonds is 4. The number of hydrogen-bond donors (Lipinski definition) is 1. The van der Waals surface area contributed by atoms with Gasteiger partial charge in [-0.15, -0.1) is 0 Å². The topological polar surface area (TPSA) is 72.5 Å². The predicted molar refractivity (Wildman–Crippen MR) is 87.0 cm³/mol. The number of anilines is 1. The second-order valence-electron chi connectivity index (χ2n) is 5.45. The van der Waals surface area contributed by atoms with E-state index in [0.717, 1.165) is 5.56 Å². The normalized spacial score (nSPS) is 10.9. The van der Waals surface area contributed by atoms with Gasteiger partial charge in [0.1, 0.15) is 11.3 Å². The fraction of sp³-hybridized carbons (Fsp3) is 0.222. The number of ketones is 1. The van der Waals surface area contributed by atoms with Crippen molar-refractivity contribution in [2.75, 3.05) is 5.32 Å². The molecule has 3 rings (SSSR count). The molecule has 0 radical (unpaired) electrons. The van der Waals surface area contributed by atoms with Gasteiger partial charge in [-0.2, -0.15) is 0 Å². The molecule has 5 heteroatoms. The van der Waals surface area contributed by atoms with Crippen molar-refractivity contribution < 1.29 is 18.4 Å². The van der Waals surface area contributed by atoms with Gasteiger partial charge >= 0.3 is 0 Å². The molecule has 0 aliphatic carbocycles. The summed E-state index contributed by atoms with van der Waals surface area (Å²) < 4.78 is 11.0. The number of hydrogen-bond acceptors (Lipinski definition) is 4. The molecule has 1 aromatic carbocycles. The Morgan fingerprint density at radius 3 is 2.52 bits per heavy atom. The maximum atomic E-state index is 12.3. The van der Waals surface area contributed by atoms with E-state index in [1.54, 1.807) is 26.0 Å². The first-order valence-electron chi connectivity index (χ1n) is 7.43. The summed E-state index contributed by atoms with van der Waals surface area (Å²) in [4.78, 5) is 24.5. The summed E-state index contributed by atoms with van der Waals surface area (Å²) in [7, 11) is 0. The van der Waals surface area contributed by atoms with Crippen LogP contribution >= 0.6 is 0 Å². The van der Waals surface area contributed by atoms with Crippen LogP contribution in [0.15, 0.2) is 39.2 Å². The lowest BCUT2D eigenvalue weighted by molar-refractivity contribution is 0.0964. The van der Waals surface area contributed by atoms with Crippen LogP contribution in [0.1, 0.15) is 45.8 Å². The molecule has 0 fully saturated rings. The average Bonchev–Trinajstić information content (AvgIpc) is 3.10. The van der Waals surface area contributed by atoms with Gasteiger partial charge in [-0.25, -0.2) is 0 Å². The van der Waals surface area contributed by atoms with Crippen LogP contribution in [0.5, 0.6) is 0 Å². The van der Waals surface area contributed by atoms with Crippen LogP contribution in [-0.2, 0) is 0 Å². The highest BCUT2D eigenvalue weighted by atomic mass is 16.4. The van der Waals surface area contributed by atoms with E-state index in [9.17, 15) is 9.59 Å². The second kappa shape index (κ2) is 5.76. The van der Waals surface area contributed by atoms with Gasteiger partial charge in [0.15, 0.2) is 17.3 Å². The molecule has 0 saturated heterocycles. The fourth-order valence-electron chi connectivity index (χ4n) is 2.42. The summed E-state index contributed by atoms with van der Waals surface area (Å²) in [6, 6.07) is 8.89. The maximum Gasteiger partial charge on any atom is 0.291 e. The van der Waals surface area contributed by atoms with Crippen molar-refractivity contribution in [2.24, 2.45) is 0 Å². The molecule has 2 heterocycles. The number of furan rings is 2. The minimum absolute atomic E-state index is 0.162. The highest BCUT2D eigenvalue weighted by Gasteiger charge is 2.22. The van der Waals surface area contributed by atoms with Crippen molar-refractivity contribution in [1.29, 1.82) is 0 Å². The summed E-state index contributed by atoms with van der Waals surface area (Å²) in [5.74, 6) is 0.438. The van der Waals surface area contributed by atoms with Crippen LogP contribution in [0.3, 0.4) is 0 Å². The third-order valence-electron chi connectivity index (χ3n) is 3.62. The Morgan fingerprint density at radius 1 is 1.09 bits per heavy atom. The Labute approximate surface area is 133 Å². The SMILES string of the molecule is CCC(=O)c1oc2cc(C)ccc2c1NC(=O)c1ccc(C)o1. The van der Waals surface area contributed by atoms with Crippen molar-refractivity contribution in [3.05, 3.63) is 53.2 Å². The molecule has 0 atom stereocenters. The molecule has 0 saturated carbocycles. The molecular weight excluding hydrogens is 294 g/mol. The molecule has 5 nitrogen and oxygen atoms in total. The van der Waals surface area contributed by atoms with E-state index in [2.05, 4.69) is 5.32 Å². The lowest BCUT2D eigenvalue weighted by Gasteiger charge is -2.03. The van der Waals surface area contributed by atoms with E-state index in [0.29, 0.717) is 28.8 Å². The van der Waals surface area contributed by atoms with Gasteiger partial charge in [-0.3, -0.25) is 9.59 Å². The van der Waals surface area contributed by atoms with E-state index in [-0.39, 0.29) is 17.3 Å². The fourth-order valence-corrected chi connectivity index (χ4v) is 2.42. The quantitative estimate of drug-likeness (QED) is 0.721. The molecule has 1 N–H and O–H groups in total. The van der Waals surface area contributed by atoms with Crippen LogP contribution in [0, 0.1) is 13.8 Å². The maximum absolute atomic E-state index is 12.3. The molecule has 0 bridgehead atoms. The zero-order valence-electron chi connectivity index (χ0n) is 13.2. The molecule has 0 spiro atoms. The Kier molecular flexibility index (Phi) is 3.78. The first kappa shape index (κ1) is 15.1. The zero-order chi connectivity index (χ0) is 16.6. The van der Waals surface area contributed by atoms with Crippen LogP contribution in [0.25, 0.3) is 11.0 Å². The molecule has 3 aromatic rings. The number of fused-ring (bicyclic) bond motifs is 1. The molecule has 0 unspecified atom stereocenters. The van der Waals surface area contributed by atoms with Crippen LogP contribution in [0.2, 0.25) is 0 Å². The van der Waals surface area contributed by atoms with Crippen molar-refractivity contribution in [2.45, 2.75) is 27.2 Å². The molecule has 23 heavy (non-hydrogen) atoms. The number of carbonyl (C=O) groups excluding carboxylic acids is 2.